The first-order valence-electron chi connectivity index (χ1n) is 7.96. The van der Waals surface area contributed by atoms with Gasteiger partial charge in [-0.05, 0) is 5.56 Å². The summed E-state index contributed by atoms with van der Waals surface area (Å²) in [7, 11) is 0. The number of aliphatic hydroxyl groups is 2. The number of imidazole rings is 1. The molecule has 26 heavy (non-hydrogen) atoms. The summed E-state index contributed by atoms with van der Waals surface area (Å²) >= 11 is 0. The van der Waals surface area contributed by atoms with Crippen LogP contribution in [0.1, 0.15) is 11.8 Å². The van der Waals surface area contributed by atoms with Crippen LogP contribution in [-0.4, -0.2) is 53.5 Å². The Morgan fingerprint density at radius 3 is 2.65 bits per heavy atom. The summed E-state index contributed by atoms with van der Waals surface area (Å²) in [4.78, 5) is 16.7. The third-order valence-electron chi connectivity index (χ3n) is 4.23. The number of benzene rings is 1. The predicted octanol–water partition coefficient (Wildman–Crippen LogP) is 0.505. The molecule has 0 aliphatic carbocycles. The van der Waals surface area contributed by atoms with E-state index in [9.17, 15) is 10.2 Å². The fourth-order valence-electron chi connectivity index (χ4n) is 2.89. The molecule has 1 aromatic carbocycles. The van der Waals surface area contributed by atoms with Crippen LogP contribution < -0.4 is 5.32 Å². The van der Waals surface area contributed by atoms with Crippen molar-refractivity contribution < 1.29 is 25.1 Å². The highest BCUT2D eigenvalue weighted by Crippen LogP contribution is 2.32. The standard InChI is InChI=1S/C16H17N5O5/c22-11-12(23)16(26-24)25-15(11)21-8-20-10-13(18-7-19-14(10)21)17-6-9-4-2-1-3-5-9/h1-5,7-8,11-12,15-16,22-24H,6H2,(H,17,18,19). The molecule has 4 unspecified atom stereocenters. The highest BCUT2D eigenvalue weighted by atomic mass is 17.1. The van der Waals surface area contributed by atoms with Crippen molar-refractivity contribution in [2.75, 3.05) is 5.32 Å². The van der Waals surface area contributed by atoms with Crippen LogP contribution in [0.4, 0.5) is 5.82 Å². The zero-order valence-electron chi connectivity index (χ0n) is 13.5. The first-order chi connectivity index (χ1) is 12.7. The van der Waals surface area contributed by atoms with Crippen LogP contribution in [0.5, 0.6) is 0 Å². The molecule has 3 aromatic rings. The second-order valence-electron chi connectivity index (χ2n) is 5.87. The molecule has 0 spiro atoms. The van der Waals surface area contributed by atoms with Crippen molar-refractivity contribution in [3.05, 3.63) is 48.5 Å². The molecule has 10 heteroatoms. The summed E-state index contributed by atoms with van der Waals surface area (Å²) in [6, 6.07) is 9.82. The van der Waals surface area contributed by atoms with E-state index in [4.69, 9.17) is 9.99 Å². The van der Waals surface area contributed by atoms with Gasteiger partial charge in [0, 0.05) is 6.54 Å². The van der Waals surface area contributed by atoms with E-state index in [1.807, 2.05) is 30.3 Å². The number of nitrogens with zero attached hydrogens (tertiary/aromatic N) is 4. The minimum absolute atomic E-state index is 0.408. The van der Waals surface area contributed by atoms with Crippen LogP contribution in [0.15, 0.2) is 43.0 Å². The van der Waals surface area contributed by atoms with Gasteiger partial charge in [0.2, 0.25) is 6.29 Å². The van der Waals surface area contributed by atoms with Crippen LogP contribution in [0, 0.1) is 0 Å². The normalized spacial score (nSPS) is 25.7. The molecule has 2 aromatic heterocycles. The second kappa shape index (κ2) is 6.94. The number of aliphatic hydroxyl groups excluding tert-OH is 2. The van der Waals surface area contributed by atoms with Gasteiger partial charge in [0.1, 0.15) is 18.5 Å². The molecule has 4 N–H and O–H groups in total. The lowest BCUT2D eigenvalue weighted by atomic mass is 10.2. The van der Waals surface area contributed by atoms with Gasteiger partial charge in [-0.25, -0.2) is 25.1 Å². The van der Waals surface area contributed by atoms with Crippen molar-refractivity contribution in [1.29, 1.82) is 0 Å². The Balaban J connectivity index is 1.61. The summed E-state index contributed by atoms with van der Waals surface area (Å²) in [5, 5.41) is 31.9. The van der Waals surface area contributed by atoms with Crippen molar-refractivity contribution in [1.82, 2.24) is 19.5 Å². The van der Waals surface area contributed by atoms with Crippen LogP contribution in [0.2, 0.25) is 0 Å². The minimum atomic E-state index is -1.40. The second-order valence-corrected chi connectivity index (χ2v) is 5.87. The molecule has 136 valence electrons. The fourth-order valence-corrected chi connectivity index (χ4v) is 2.89. The molecule has 1 aliphatic rings. The molecule has 1 fully saturated rings. The lowest BCUT2D eigenvalue weighted by Gasteiger charge is -2.16. The van der Waals surface area contributed by atoms with E-state index in [2.05, 4.69) is 25.2 Å². The summed E-state index contributed by atoms with van der Waals surface area (Å²) in [5.41, 5.74) is 1.98. The Hall–Kier alpha value is -2.63. The van der Waals surface area contributed by atoms with Crippen molar-refractivity contribution >= 4 is 17.0 Å². The number of ether oxygens (including phenoxy) is 1. The fraction of sp³-hybridized carbons (Fsp3) is 0.312. The lowest BCUT2D eigenvalue weighted by Crippen LogP contribution is -2.32. The average molecular weight is 359 g/mol. The van der Waals surface area contributed by atoms with Crippen molar-refractivity contribution in [2.24, 2.45) is 0 Å². The topological polar surface area (TPSA) is 135 Å². The number of nitrogens with one attached hydrogen (secondary N) is 1. The molecule has 4 rings (SSSR count). The largest absolute Gasteiger partial charge is 0.385 e. The van der Waals surface area contributed by atoms with Crippen LogP contribution >= 0.6 is 0 Å². The number of aromatic nitrogens is 4. The number of anilines is 1. The average Bonchev–Trinajstić information content (AvgIpc) is 3.23. The van der Waals surface area contributed by atoms with Gasteiger partial charge in [0.25, 0.3) is 0 Å². The van der Waals surface area contributed by atoms with E-state index in [1.165, 1.54) is 17.2 Å². The molecule has 0 radical (unpaired) electrons. The molecule has 1 saturated heterocycles. The smallest absolute Gasteiger partial charge is 0.221 e. The molecule has 1 aliphatic heterocycles. The van der Waals surface area contributed by atoms with Gasteiger partial charge in [-0.3, -0.25) is 4.57 Å². The third kappa shape index (κ3) is 2.89. The van der Waals surface area contributed by atoms with Crippen LogP contribution in [0.3, 0.4) is 0 Å². The van der Waals surface area contributed by atoms with Crippen molar-refractivity contribution in [3.8, 4) is 0 Å². The third-order valence-corrected chi connectivity index (χ3v) is 4.23. The highest BCUT2D eigenvalue weighted by Gasteiger charge is 2.45. The maximum atomic E-state index is 10.1. The van der Waals surface area contributed by atoms with E-state index in [0.717, 1.165) is 5.56 Å². The lowest BCUT2D eigenvalue weighted by molar-refractivity contribution is -0.357. The van der Waals surface area contributed by atoms with Gasteiger partial charge in [-0.2, -0.15) is 0 Å². The van der Waals surface area contributed by atoms with Gasteiger partial charge in [0.05, 0.1) is 6.33 Å². The maximum absolute atomic E-state index is 10.1. The highest BCUT2D eigenvalue weighted by molar-refractivity contribution is 5.82. The molecular formula is C16H17N5O5. The zero-order chi connectivity index (χ0) is 18.1. The van der Waals surface area contributed by atoms with Crippen molar-refractivity contribution in [3.63, 3.8) is 0 Å². The minimum Gasteiger partial charge on any atom is -0.385 e. The molecule has 0 bridgehead atoms. The Labute approximate surface area is 147 Å². The predicted molar refractivity (Wildman–Crippen MR) is 88.7 cm³/mol. The van der Waals surface area contributed by atoms with Gasteiger partial charge in [-0.15, -0.1) is 0 Å². The summed E-state index contributed by atoms with van der Waals surface area (Å²) < 4.78 is 6.78. The Kier molecular flexibility index (Phi) is 4.49. The first kappa shape index (κ1) is 16.8. The molecular weight excluding hydrogens is 342 g/mol. The molecule has 0 amide bonds. The van der Waals surface area contributed by atoms with Gasteiger partial charge >= 0.3 is 0 Å². The summed E-state index contributed by atoms with van der Waals surface area (Å²) in [6.07, 6.45) is -2.30. The number of hydrogen-bond donors (Lipinski definition) is 4. The Morgan fingerprint density at radius 2 is 1.92 bits per heavy atom. The Bertz CT molecular complexity index is 889. The molecule has 3 heterocycles. The van der Waals surface area contributed by atoms with E-state index in [-0.39, 0.29) is 0 Å². The Morgan fingerprint density at radius 1 is 1.12 bits per heavy atom. The maximum Gasteiger partial charge on any atom is 0.221 e. The van der Waals surface area contributed by atoms with Gasteiger partial charge in [0.15, 0.2) is 23.2 Å². The van der Waals surface area contributed by atoms with E-state index in [1.54, 1.807) is 0 Å². The van der Waals surface area contributed by atoms with E-state index >= 15 is 0 Å². The molecule has 4 atom stereocenters. The number of fused-ring (bicyclic) bond motifs is 1. The zero-order valence-corrected chi connectivity index (χ0v) is 13.5. The first-order valence-corrected chi connectivity index (χ1v) is 7.96. The molecule has 0 saturated carbocycles. The molecule has 10 nitrogen and oxygen atoms in total. The van der Waals surface area contributed by atoms with Gasteiger partial charge < -0.3 is 20.3 Å². The number of rotatable bonds is 5. The quantitative estimate of drug-likeness (QED) is 0.379. The van der Waals surface area contributed by atoms with Gasteiger partial charge in [-0.1, -0.05) is 30.3 Å². The van der Waals surface area contributed by atoms with Crippen LogP contribution in [0.25, 0.3) is 11.2 Å². The summed E-state index contributed by atoms with van der Waals surface area (Å²) in [6.45, 7) is 0.557. The van der Waals surface area contributed by atoms with E-state index < -0.39 is 24.7 Å². The summed E-state index contributed by atoms with van der Waals surface area (Å²) in [5.74, 6) is 0.528. The number of hydrogen-bond acceptors (Lipinski definition) is 9. The SMILES string of the molecule is OOC1OC(n2cnc3c(NCc4ccccc4)ncnc32)C(O)C1O. The van der Waals surface area contributed by atoms with Crippen LogP contribution in [-0.2, 0) is 16.2 Å². The monoisotopic (exact) mass is 359 g/mol. The van der Waals surface area contributed by atoms with Crippen molar-refractivity contribution in [2.45, 2.75) is 31.3 Å². The van der Waals surface area contributed by atoms with E-state index in [0.29, 0.717) is 23.5 Å².